The molecule has 2 saturated carbocycles. The van der Waals surface area contributed by atoms with Gasteiger partial charge in [-0.1, -0.05) is 17.7 Å². The molecule has 0 heterocycles. The summed E-state index contributed by atoms with van der Waals surface area (Å²) in [5.74, 6) is 2.71. The van der Waals surface area contributed by atoms with Crippen molar-refractivity contribution in [3.8, 4) is 0 Å². The van der Waals surface area contributed by atoms with E-state index in [0.717, 1.165) is 17.8 Å². The van der Waals surface area contributed by atoms with Gasteiger partial charge < -0.3 is 0 Å². The molecule has 3 rings (SSSR count). The second kappa shape index (κ2) is 4.85. The van der Waals surface area contributed by atoms with Gasteiger partial charge in [-0.05, 0) is 56.6 Å². The van der Waals surface area contributed by atoms with Crippen LogP contribution in [0.4, 0.5) is 0 Å². The molecule has 0 atom stereocenters. The lowest BCUT2D eigenvalue weighted by Gasteiger charge is -2.07. The van der Waals surface area contributed by atoms with Gasteiger partial charge in [-0.2, -0.15) is 0 Å². The maximum Gasteiger partial charge on any atom is 0.0305 e. The Balaban J connectivity index is 1.56. The van der Waals surface area contributed by atoms with Crippen molar-refractivity contribution in [2.75, 3.05) is 0 Å². The van der Waals surface area contributed by atoms with Crippen LogP contribution < -0.4 is 0 Å². The SMILES string of the molecule is Cc1ccc(SN=CC(C2CC2)C2CC2)cc1. The molecule has 0 saturated heterocycles. The molecule has 0 bridgehead atoms. The van der Waals surface area contributed by atoms with Crippen molar-refractivity contribution >= 4 is 18.2 Å². The third-order valence-corrected chi connectivity index (χ3v) is 4.45. The highest BCUT2D eigenvalue weighted by Gasteiger charge is 2.40. The molecule has 0 aromatic heterocycles. The Labute approximate surface area is 108 Å². The van der Waals surface area contributed by atoms with Crippen LogP contribution in [0.5, 0.6) is 0 Å². The summed E-state index contributed by atoms with van der Waals surface area (Å²) >= 11 is 1.62. The van der Waals surface area contributed by atoms with Gasteiger partial charge in [0.15, 0.2) is 0 Å². The van der Waals surface area contributed by atoms with Gasteiger partial charge in [-0.15, -0.1) is 0 Å². The molecule has 0 radical (unpaired) electrons. The normalized spacial score (nSPS) is 20.4. The van der Waals surface area contributed by atoms with Crippen molar-refractivity contribution < 1.29 is 0 Å². The van der Waals surface area contributed by atoms with E-state index in [0.29, 0.717) is 0 Å². The van der Waals surface area contributed by atoms with Crippen LogP contribution in [0.2, 0.25) is 0 Å². The molecular formula is C15H19NS. The Bertz CT molecular complexity index is 389. The highest BCUT2D eigenvalue weighted by Crippen LogP contribution is 2.48. The van der Waals surface area contributed by atoms with Crippen LogP contribution in [0.1, 0.15) is 31.2 Å². The van der Waals surface area contributed by atoms with Gasteiger partial charge in [0.25, 0.3) is 0 Å². The standard InChI is InChI=1S/C15H19NS/c1-11-2-8-14(9-3-11)17-16-10-15(12-4-5-12)13-6-7-13/h2-3,8-10,12-13,15H,4-7H2,1H3. The highest BCUT2D eigenvalue weighted by atomic mass is 32.2. The topological polar surface area (TPSA) is 12.4 Å². The summed E-state index contributed by atoms with van der Waals surface area (Å²) in [5.41, 5.74) is 1.31. The van der Waals surface area contributed by atoms with Crippen LogP contribution >= 0.6 is 11.9 Å². The second-order valence-electron chi connectivity index (χ2n) is 5.41. The van der Waals surface area contributed by atoms with Crippen LogP contribution in [0.25, 0.3) is 0 Å². The van der Waals surface area contributed by atoms with Crippen LogP contribution in [-0.4, -0.2) is 6.21 Å². The quantitative estimate of drug-likeness (QED) is 0.549. The molecule has 0 spiro atoms. The number of hydrogen-bond acceptors (Lipinski definition) is 2. The molecule has 2 aliphatic rings. The average Bonchev–Trinajstić information content (AvgIpc) is 3.19. The minimum absolute atomic E-state index is 0.785. The average molecular weight is 245 g/mol. The predicted molar refractivity (Wildman–Crippen MR) is 74.5 cm³/mol. The van der Waals surface area contributed by atoms with E-state index in [1.165, 1.54) is 36.1 Å². The molecule has 0 unspecified atom stereocenters. The third-order valence-electron chi connectivity index (χ3n) is 3.74. The first kappa shape index (κ1) is 11.3. The van der Waals surface area contributed by atoms with Gasteiger partial charge in [0, 0.05) is 29.0 Å². The van der Waals surface area contributed by atoms with Crippen molar-refractivity contribution in [3.63, 3.8) is 0 Å². The summed E-state index contributed by atoms with van der Waals surface area (Å²) in [6.45, 7) is 2.12. The summed E-state index contributed by atoms with van der Waals surface area (Å²) in [7, 11) is 0. The fraction of sp³-hybridized carbons (Fsp3) is 0.533. The fourth-order valence-electron chi connectivity index (χ4n) is 2.35. The van der Waals surface area contributed by atoms with E-state index in [-0.39, 0.29) is 0 Å². The maximum atomic E-state index is 4.59. The van der Waals surface area contributed by atoms with E-state index in [2.05, 4.69) is 41.8 Å². The third kappa shape index (κ3) is 3.12. The van der Waals surface area contributed by atoms with E-state index >= 15 is 0 Å². The summed E-state index contributed by atoms with van der Waals surface area (Å²) in [5, 5.41) is 0. The smallest absolute Gasteiger partial charge is 0.0305 e. The number of aryl methyl sites for hydroxylation is 1. The van der Waals surface area contributed by atoms with E-state index in [1.807, 2.05) is 0 Å². The number of hydrogen-bond donors (Lipinski definition) is 0. The molecule has 0 aliphatic heterocycles. The molecule has 90 valence electrons. The Kier molecular flexibility index (Phi) is 3.24. The van der Waals surface area contributed by atoms with E-state index in [1.54, 1.807) is 11.9 Å². The minimum atomic E-state index is 0.785. The van der Waals surface area contributed by atoms with Gasteiger partial charge >= 0.3 is 0 Å². The van der Waals surface area contributed by atoms with Crippen LogP contribution in [0, 0.1) is 24.7 Å². The van der Waals surface area contributed by atoms with Crippen molar-refractivity contribution in [2.24, 2.45) is 22.2 Å². The Hall–Kier alpha value is -0.760. The Morgan fingerprint density at radius 1 is 1.12 bits per heavy atom. The predicted octanol–water partition coefficient (Wildman–Crippen LogP) is 4.51. The van der Waals surface area contributed by atoms with E-state index < -0.39 is 0 Å². The summed E-state index contributed by atoms with van der Waals surface area (Å²) < 4.78 is 4.59. The highest BCUT2D eigenvalue weighted by molar-refractivity contribution is 7.98. The van der Waals surface area contributed by atoms with Crippen LogP contribution in [0.15, 0.2) is 33.6 Å². The molecular weight excluding hydrogens is 226 g/mol. The largest absolute Gasteiger partial charge is 0.223 e. The molecule has 2 heteroatoms. The summed E-state index contributed by atoms with van der Waals surface area (Å²) in [6.07, 6.45) is 7.97. The molecule has 2 aliphatic carbocycles. The summed E-state index contributed by atoms with van der Waals surface area (Å²) in [4.78, 5) is 1.25. The van der Waals surface area contributed by atoms with Gasteiger partial charge in [-0.25, -0.2) is 4.40 Å². The van der Waals surface area contributed by atoms with Crippen molar-refractivity contribution in [1.29, 1.82) is 0 Å². The van der Waals surface area contributed by atoms with Crippen LogP contribution in [-0.2, 0) is 0 Å². The zero-order valence-electron chi connectivity index (χ0n) is 10.3. The minimum Gasteiger partial charge on any atom is -0.223 e. The monoisotopic (exact) mass is 245 g/mol. The van der Waals surface area contributed by atoms with Gasteiger partial charge in [0.05, 0.1) is 0 Å². The summed E-state index contributed by atoms with van der Waals surface area (Å²) in [6, 6.07) is 8.61. The van der Waals surface area contributed by atoms with E-state index in [4.69, 9.17) is 0 Å². The van der Waals surface area contributed by atoms with Crippen LogP contribution in [0.3, 0.4) is 0 Å². The first-order valence-electron chi connectivity index (χ1n) is 6.60. The van der Waals surface area contributed by atoms with Gasteiger partial charge in [0.1, 0.15) is 0 Å². The Morgan fingerprint density at radius 2 is 1.71 bits per heavy atom. The molecule has 1 nitrogen and oxygen atoms in total. The molecule has 0 N–H and O–H groups in total. The first-order valence-corrected chi connectivity index (χ1v) is 7.37. The molecule has 1 aromatic rings. The molecule has 0 amide bonds. The zero-order valence-corrected chi connectivity index (χ0v) is 11.1. The van der Waals surface area contributed by atoms with Crippen molar-refractivity contribution in [2.45, 2.75) is 37.5 Å². The number of nitrogens with zero attached hydrogens (tertiary/aromatic N) is 1. The Morgan fingerprint density at radius 3 is 2.24 bits per heavy atom. The van der Waals surface area contributed by atoms with Crippen molar-refractivity contribution in [3.05, 3.63) is 29.8 Å². The van der Waals surface area contributed by atoms with Crippen molar-refractivity contribution in [1.82, 2.24) is 0 Å². The first-order chi connectivity index (χ1) is 8.33. The molecule has 2 fully saturated rings. The fourth-order valence-corrected chi connectivity index (χ4v) is 2.93. The maximum absolute atomic E-state index is 4.59. The van der Waals surface area contributed by atoms with Gasteiger partial charge in [0.2, 0.25) is 0 Å². The van der Waals surface area contributed by atoms with Gasteiger partial charge in [-0.3, -0.25) is 0 Å². The zero-order chi connectivity index (χ0) is 11.7. The second-order valence-corrected chi connectivity index (χ2v) is 6.28. The number of rotatable bonds is 5. The lowest BCUT2D eigenvalue weighted by molar-refractivity contribution is 0.545. The lowest BCUT2D eigenvalue weighted by Crippen LogP contribution is -2.06. The number of benzene rings is 1. The molecule has 17 heavy (non-hydrogen) atoms. The lowest BCUT2D eigenvalue weighted by atomic mass is 10.00. The molecule has 1 aromatic carbocycles. The van der Waals surface area contributed by atoms with E-state index in [9.17, 15) is 0 Å².